The van der Waals surface area contributed by atoms with Crippen LogP contribution in [0.25, 0.3) is 27.6 Å². The number of halogens is 11. The summed E-state index contributed by atoms with van der Waals surface area (Å²) in [6.07, 6.45) is -5.02. The Bertz CT molecular complexity index is 3210. The Balaban J connectivity index is 1.29. The van der Waals surface area contributed by atoms with Crippen molar-refractivity contribution in [2.45, 2.75) is 94.2 Å². The summed E-state index contributed by atoms with van der Waals surface area (Å²) in [5.74, 6) is -12.8. The maximum Gasteiger partial charge on any atom is 0.293 e. The smallest absolute Gasteiger partial charge is 0.293 e. The second-order valence-corrected chi connectivity index (χ2v) is 20.6. The van der Waals surface area contributed by atoms with E-state index in [9.17, 15) is 39.6 Å². The molecule has 3 aliphatic carbocycles. The molecule has 0 bridgehead atoms. The number of nitrogens with zero attached hydrogens (tertiary/aromatic N) is 7. The number of carbonyl (C=O) groups excluding carboxylic acids is 1. The molecule has 68 heavy (non-hydrogen) atoms. The van der Waals surface area contributed by atoms with Crippen LogP contribution in [0.2, 0.25) is 5.02 Å². The molecule has 0 radical (unpaired) electrons. The first-order valence-electron chi connectivity index (χ1n) is 21.1. The molecule has 25 heteroatoms. The molecule has 2 N–H and O–H groups in total. The molecule has 4 heterocycles. The van der Waals surface area contributed by atoms with Gasteiger partial charge in [0.1, 0.15) is 42.1 Å². The summed E-state index contributed by atoms with van der Waals surface area (Å²) < 4.78 is 164. The highest BCUT2D eigenvalue weighted by Crippen LogP contribution is 2.68. The van der Waals surface area contributed by atoms with E-state index in [1.54, 1.807) is 0 Å². The molecule has 3 aliphatic rings. The molecule has 3 atom stereocenters. The summed E-state index contributed by atoms with van der Waals surface area (Å²) in [5, 5.41) is 10.7. The zero-order valence-corrected chi connectivity index (χ0v) is 38.8. The fourth-order valence-corrected chi connectivity index (χ4v) is 10.8. The van der Waals surface area contributed by atoms with Crippen LogP contribution in [0.15, 0.2) is 41.2 Å². The van der Waals surface area contributed by atoms with E-state index in [1.807, 2.05) is 0 Å². The predicted octanol–water partition coefficient (Wildman–Crippen LogP) is 9.00. The average molecular weight is 1060 g/mol. The highest BCUT2D eigenvalue weighted by Gasteiger charge is 2.67. The first-order valence-corrected chi connectivity index (χ1v) is 24.5. The third kappa shape index (κ3) is 8.40. The van der Waals surface area contributed by atoms with Crippen molar-refractivity contribution >= 4 is 71.2 Å². The van der Waals surface area contributed by atoms with Crippen LogP contribution < -0.4 is 15.6 Å². The number of fused-ring (bicyclic) bond motifs is 5. The Hall–Kier alpha value is -5.23. The standard InChI is InChI=1S/C43H38BrClF9N9O4S/c1-19-11-28(41(18-46)5-7-42(51,52)8-6-41)56-37-30(19)40(65)63(27-4-3-25(45)32-34(27)61(10-9-44)59-38(32)60-68(2,66)67)39(57-37)26(14-20-12-21(47)15-22(48)13-20)55-29(64)17-62-35-31(33(58-62)36(49)50)23-16-24(23)43(35,53)54/h3-4,11-13,15,23-24,26,36H,5-10,14,16-18H2,1-2H3,(H,55,64)(H,59,60)/t23-,24+,26-/m0/s1. The predicted molar refractivity (Wildman–Crippen MR) is 234 cm³/mol. The molecule has 2 saturated carbocycles. The summed E-state index contributed by atoms with van der Waals surface area (Å²) in [4.78, 5) is 39.1. The van der Waals surface area contributed by atoms with Gasteiger partial charge in [-0.3, -0.25) is 32.6 Å². The number of benzene rings is 2. The van der Waals surface area contributed by atoms with Gasteiger partial charge in [0, 0.05) is 47.6 Å². The van der Waals surface area contributed by atoms with E-state index in [0.29, 0.717) is 10.7 Å². The van der Waals surface area contributed by atoms with Gasteiger partial charge in [-0.1, -0.05) is 27.5 Å². The zero-order valence-electron chi connectivity index (χ0n) is 35.7. The van der Waals surface area contributed by atoms with Crippen molar-refractivity contribution in [1.82, 2.24) is 39.4 Å². The molecule has 13 nitrogen and oxygen atoms in total. The van der Waals surface area contributed by atoms with Gasteiger partial charge in [0.05, 0.1) is 51.5 Å². The minimum absolute atomic E-state index is 0.00759. The number of aryl methyl sites for hydroxylation is 2. The van der Waals surface area contributed by atoms with E-state index in [2.05, 4.69) is 41.2 Å². The van der Waals surface area contributed by atoms with E-state index in [4.69, 9.17) is 16.6 Å². The number of alkyl halides is 8. The molecule has 0 aliphatic heterocycles. The molecule has 0 unspecified atom stereocenters. The van der Waals surface area contributed by atoms with Crippen molar-refractivity contribution in [2.75, 3.05) is 23.0 Å². The van der Waals surface area contributed by atoms with Gasteiger partial charge in [-0.15, -0.1) is 0 Å². The number of carbonyl (C=O) groups is 1. The van der Waals surface area contributed by atoms with E-state index >= 15 is 18.0 Å². The lowest BCUT2D eigenvalue weighted by Gasteiger charge is -2.37. The monoisotopic (exact) mass is 1060 g/mol. The topological polar surface area (TPSA) is 159 Å². The summed E-state index contributed by atoms with van der Waals surface area (Å²) in [6.45, 7) is -0.678. The van der Waals surface area contributed by atoms with Gasteiger partial charge in [0.25, 0.3) is 17.9 Å². The maximum absolute atomic E-state index is 15.6. The van der Waals surface area contributed by atoms with Crippen LogP contribution in [0, 0.1) is 24.5 Å². The van der Waals surface area contributed by atoms with Crippen LogP contribution in [0.3, 0.4) is 0 Å². The van der Waals surface area contributed by atoms with Crippen molar-refractivity contribution < 1.29 is 52.7 Å². The summed E-state index contributed by atoms with van der Waals surface area (Å²) in [6, 6.07) is 4.74. The van der Waals surface area contributed by atoms with Gasteiger partial charge >= 0.3 is 0 Å². The fraction of sp³-hybridized carbons (Fsp3) is 0.442. The van der Waals surface area contributed by atoms with Crippen molar-refractivity contribution in [2.24, 2.45) is 5.92 Å². The Labute approximate surface area is 393 Å². The number of hydrogen-bond donors (Lipinski definition) is 2. The van der Waals surface area contributed by atoms with Crippen molar-refractivity contribution in [3.8, 4) is 5.69 Å². The van der Waals surface area contributed by atoms with Gasteiger partial charge in [-0.05, 0) is 73.6 Å². The van der Waals surface area contributed by atoms with Crippen molar-refractivity contribution in [3.05, 3.63) is 103 Å². The van der Waals surface area contributed by atoms with Crippen LogP contribution in [0.5, 0.6) is 0 Å². The van der Waals surface area contributed by atoms with Gasteiger partial charge in [0.15, 0.2) is 11.5 Å². The van der Waals surface area contributed by atoms with E-state index in [0.717, 1.165) is 23.0 Å². The fourth-order valence-electron chi connectivity index (χ4n) is 9.72. The van der Waals surface area contributed by atoms with Crippen LogP contribution in [-0.4, -0.2) is 72.6 Å². The minimum Gasteiger partial charge on any atom is -0.344 e. The molecular weight excluding hydrogens is 1020 g/mol. The number of pyridine rings is 1. The number of rotatable bonds is 14. The van der Waals surface area contributed by atoms with E-state index in [-0.39, 0.29) is 92.0 Å². The number of amides is 1. The highest BCUT2D eigenvalue weighted by atomic mass is 79.9. The molecule has 2 aromatic carbocycles. The molecule has 0 spiro atoms. The average Bonchev–Trinajstić information content (AvgIpc) is 3.77. The van der Waals surface area contributed by atoms with Crippen molar-refractivity contribution in [3.63, 3.8) is 0 Å². The molecule has 2 fully saturated rings. The van der Waals surface area contributed by atoms with Crippen LogP contribution >= 0.6 is 27.5 Å². The van der Waals surface area contributed by atoms with E-state index < -0.39 is 124 Å². The van der Waals surface area contributed by atoms with Gasteiger partial charge in [-0.25, -0.2) is 44.7 Å². The third-order valence-electron chi connectivity index (χ3n) is 12.9. The lowest BCUT2D eigenvalue weighted by molar-refractivity contribution is -0.123. The summed E-state index contributed by atoms with van der Waals surface area (Å²) in [5.41, 5.74) is -4.96. The normalized spacial score (nSPS) is 19.6. The zero-order chi connectivity index (χ0) is 49.0. The number of nitrogens with one attached hydrogen (secondary N) is 2. The number of aromatic nitrogens is 7. The highest BCUT2D eigenvalue weighted by molar-refractivity contribution is 9.09. The maximum atomic E-state index is 15.6. The van der Waals surface area contributed by atoms with Gasteiger partial charge in [-0.2, -0.15) is 19.0 Å². The second kappa shape index (κ2) is 17.0. The molecule has 9 rings (SSSR count). The summed E-state index contributed by atoms with van der Waals surface area (Å²) in [7, 11) is -4.01. The van der Waals surface area contributed by atoms with Crippen LogP contribution in [-0.2, 0) is 45.7 Å². The SMILES string of the molecule is Cc1cc(C2(CF)CCC(F)(F)CC2)nc2nc([C@H](Cc3cc(F)cc(F)c3)NC(=O)Cn3nc(C(F)F)c4c3C(F)(F)[C@@H]3C[C@H]43)n(-c3ccc(Cl)c4c(NS(C)(=O)=O)nn(CCBr)c34)c(=O)c12. The lowest BCUT2D eigenvalue weighted by Crippen LogP contribution is -2.40. The van der Waals surface area contributed by atoms with Crippen LogP contribution in [0.1, 0.15) is 90.1 Å². The minimum atomic E-state index is -4.01. The second-order valence-electron chi connectivity index (χ2n) is 17.6. The molecular formula is C43H38BrClF9N9O4S. The Morgan fingerprint density at radius 1 is 0.985 bits per heavy atom. The van der Waals surface area contributed by atoms with Crippen LogP contribution in [0.4, 0.5) is 45.3 Å². The first-order chi connectivity index (χ1) is 32.0. The first kappa shape index (κ1) is 47.8. The largest absolute Gasteiger partial charge is 0.344 e. The van der Waals surface area contributed by atoms with Gasteiger partial charge in [0.2, 0.25) is 21.9 Å². The van der Waals surface area contributed by atoms with Gasteiger partial charge < -0.3 is 5.32 Å². The molecule has 0 saturated heterocycles. The molecule has 4 aromatic heterocycles. The number of anilines is 1. The quantitative estimate of drug-likeness (QED) is 0.0809. The molecule has 1 amide bonds. The molecule has 362 valence electrons. The Morgan fingerprint density at radius 3 is 2.31 bits per heavy atom. The molecule has 6 aromatic rings. The van der Waals surface area contributed by atoms with Crippen molar-refractivity contribution in [1.29, 1.82) is 0 Å². The number of hydrogen-bond acceptors (Lipinski definition) is 8. The lowest BCUT2D eigenvalue weighted by atomic mass is 9.71. The third-order valence-corrected chi connectivity index (χ3v) is 14.1. The Kier molecular flexibility index (Phi) is 12.0. The number of sulfonamides is 1. The summed E-state index contributed by atoms with van der Waals surface area (Å²) >= 11 is 10.1. The Morgan fingerprint density at radius 2 is 1.68 bits per heavy atom. The van der Waals surface area contributed by atoms with E-state index in [1.165, 1.54) is 29.8 Å².